The highest BCUT2D eigenvalue weighted by Crippen LogP contribution is 2.27. The zero-order valence-electron chi connectivity index (χ0n) is 11.4. The number of likely N-dealkylation sites (tertiary alicyclic amines) is 1. The third-order valence-electron chi connectivity index (χ3n) is 3.27. The van der Waals surface area contributed by atoms with E-state index in [1.807, 2.05) is 13.8 Å². The van der Waals surface area contributed by atoms with E-state index in [0.29, 0.717) is 30.5 Å². The lowest BCUT2D eigenvalue weighted by molar-refractivity contribution is 0.0562. The van der Waals surface area contributed by atoms with E-state index < -0.39 is 0 Å². The Balaban J connectivity index is 1.62. The zero-order valence-corrected chi connectivity index (χ0v) is 11.4. The van der Waals surface area contributed by atoms with Gasteiger partial charge in [0.2, 0.25) is 5.89 Å². The average Bonchev–Trinajstić information content (AvgIpc) is 2.87. The summed E-state index contributed by atoms with van der Waals surface area (Å²) >= 11 is 0. The first-order valence-electron chi connectivity index (χ1n) is 6.54. The molecule has 0 aromatic carbocycles. The van der Waals surface area contributed by atoms with E-state index in [-0.39, 0.29) is 17.7 Å². The first-order valence-corrected chi connectivity index (χ1v) is 6.54. The number of aromatic nitrogens is 4. The number of carbonyl (C=O) groups is 1. The quantitative estimate of drug-likeness (QED) is 0.836. The molecule has 2 aromatic rings. The van der Waals surface area contributed by atoms with Gasteiger partial charge in [0.15, 0.2) is 5.82 Å². The third-order valence-corrected chi connectivity index (χ3v) is 3.27. The molecule has 3 rings (SSSR count). The Morgan fingerprint density at radius 2 is 2.20 bits per heavy atom. The maximum absolute atomic E-state index is 12.1. The summed E-state index contributed by atoms with van der Waals surface area (Å²) in [6.45, 7) is 5.18. The SMILES string of the molecule is CC(C)c1noc(C2CN(C(=O)c3cnccn3)C2)n1. The molecule has 3 heterocycles. The number of nitrogens with zero attached hydrogens (tertiary/aromatic N) is 5. The average molecular weight is 273 g/mol. The highest BCUT2D eigenvalue weighted by Gasteiger charge is 2.36. The number of hydrogen-bond acceptors (Lipinski definition) is 6. The van der Waals surface area contributed by atoms with Crippen molar-refractivity contribution in [3.05, 3.63) is 36.0 Å². The maximum atomic E-state index is 12.1. The van der Waals surface area contributed by atoms with Crippen LogP contribution in [0, 0.1) is 0 Å². The summed E-state index contributed by atoms with van der Waals surface area (Å²) < 4.78 is 5.24. The van der Waals surface area contributed by atoms with Crippen molar-refractivity contribution in [3.63, 3.8) is 0 Å². The fourth-order valence-electron chi connectivity index (χ4n) is 2.02. The maximum Gasteiger partial charge on any atom is 0.274 e. The molecular formula is C13H15N5O2. The van der Waals surface area contributed by atoms with Crippen LogP contribution < -0.4 is 0 Å². The topological polar surface area (TPSA) is 85.0 Å². The van der Waals surface area contributed by atoms with E-state index in [1.54, 1.807) is 11.1 Å². The van der Waals surface area contributed by atoms with Crippen LogP contribution in [0.5, 0.6) is 0 Å². The normalized spacial score (nSPS) is 15.4. The smallest absolute Gasteiger partial charge is 0.274 e. The Labute approximate surface area is 116 Å². The number of hydrogen-bond donors (Lipinski definition) is 0. The summed E-state index contributed by atoms with van der Waals surface area (Å²) in [5.41, 5.74) is 0.361. The molecule has 0 radical (unpaired) electrons. The number of rotatable bonds is 3. The van der Waals surface area contributed by atoms with Gasteiger partial charge in [-0.05, 0) is 0 Å². The van der Waals surface area contributed by atoms with Crippen LogP contribution in [0.25, 0.3) is 0 Å². The lowest BCUT2D eigenvalue weighted by atomic mass is 9.99. The molecule has 1 saturated heterocycles. The predicted molar refractivity (Wildman–Crippen MR) is 69.1 cm³/mol. The van der Waals surface area contributed by atoms with Crippen molar-refractivity contribution in [2.75, 3.05) is 13.1 Å². The second-order valence-electron chi connectivity index (χ2n) is 5.14. The Kier molecular flexibility index (Phi) is 3.17. The van der Waals surface area contributed by atoms with Gasteiger partial charge in [-0.15, -0.1) is 0 Å². The van der Waals surface area contributed by atoms with Crippen molar-refractivity contribution in [1.29, 1.82) is 0 Å². The zero-order chi connectivity index (χ0) is 14.1. The highest BCUT2D eigenvalue weighted by atomic mass is 16.5. The van der Waals surface area contributed by atoms with Gasteiger partial charge in [0, 0.05) is 31.4 Å². The summed E-state index contributed by atoms with van der Waals surface area (Å²) in [4.78, 5) is 26.0. The van der Waals surface area contributed by atoms with E-state index >= 15 is 0 Å². The molecule has 104 valence electrons. The van der Waals surface area contributed by atoms with Crippen molar-refractivity contribution < 1.29 is 9.32 Å². The molecule has 1 aliphatic rings. The van der Waals surface area contributed by atoms with Crippen molar-refractivity contribution >= 4 is 5.91 Å². The Morgan fingerprint density at radius 3 is 2.80 bits per heavy atom. The van der Waals surface area contributed by atoms with Gasteiger partial charge in [-0.25, -0.2) is 4.98 Å². The predicted octanol–water partition coefficient (Wildman–Crippen LogP) is 1.22. The first kappa shape index (κ1) is 12.7. The summed E-state index contributed by atoms with van der Waals surface area (Å²) in [5, 5.41) is 3.93. The van der Waals surface area contributed by atoms with Gasteiger partial charge in [-0.3, -0.25) is 9.78 Å². The Hall–Kier alpha value is -2.31. The van der Waals surface area contributed by atoms with Crippen LogP contribution in [-0.4, -0.2) is 44.0 Å². The van der Waals surface area contributed by atoms with Crippen LogP contribution in [-0.2, 0) is 0 Å². The molecule has 1 amide bonds. The van der Waals surface area contributed by atoms with Crippen LogP contribution in [0.2, 0.25) is 0 Å². The Morgan fingerprint density at radius 1 is 1.40 bits per heavy atom. The molecule has 0 spiro atoms. The summed E-state index contributed by atoms with van der Waals surface area (Å²) in [6, 6.07) is 0. The van der Waals surface area contributed by atoms with Crippen molar-refractivity contribution in [2.24, 2.45) is 0 Å². The van der Waals surface area contributed by atoms with Crippen molar-refractivity contribution in [1.82, 2.24) is 25.0 Å². The van der Waals surface area contributed by atoms with Gasteiger partial charge >= 0.3 is 0 Å². The van der Waals surface area contributed by atoms with Crippen LogP contribution in [0.3, 0.4) is 0 Å². The molecule has 0 unspecified atom stereocenters. The highest BCUT2D eigenvalue weighted by molar-refractivity contribution is 5.92. The molecule has 0 aliphatic carbocycles. The molecule has 0 N–H and O–H groups in total. The molecule has 7 heteroatoms. The van der Waals surface area contributed by atoms with Gasteiger partial charge in [0.1, 0.15) is 5.69 Å². The van der Waals surface area contributed by atoms with Gasteiger partial charge in [-0.2, -0.15) is 4.98 Å². The summed E-state index contributed by atoms with van der Waals surface area (Å²) in [7, 11) is 0. The molecule has 7 nitrogen and oxygen atoms in total. The standard InChI is InChI=1S/C13H15N5O2/c1-8(2)11-16-12(20-17-11)9-6-18(7-9)13(19)10-5-14-3-4-15-10/h3-5,8-9H,6-7H2,1-2H3. The Bertz CT molecular complexity index is 604. The van der Waals surface area contributed by atoms with Gasteiger partial charge in [-0.1, -0.05) is 19.0 Å². The van der Waals surface area contributed by atoms with E-state index in [0.717, 1.165) is 0 Å². The molecule has 0 bridgehead atoms. The molecule has 0 saturated carbocycles. The molecule has 1 fully saturated rings. The second kappa shape index (κ2) is 4.99. The van der Waals surface area contributed by atoms with E-state index in [1.165, 1.54) is 12.4 Å². The lowest BCUT2D eigenvalue weighted by Crippen LogP contribution is -2.48. The number of amides is 1. The third kappa shape index (κ3) is 2.26. The fraction of sp³-hybridized carbons (Fsp3) is 0.462. The van der Waals surface area contributed by atoms with Crippen molar-refractivity contribution in [3.8, 4) is 0 Å². The van der Waals surface area contributed by atoms with Crippen LogP contribution in [0.1, 0.15) is 47.9 Å². The fourth-order valence-corrected chi connectivity index (χ4v) is 2.02. The minimum absolute atomic E-state index is 0.113. The van der Waals surface area contributed by atoms with Crippen LogP contribution in [0.4, 0.5) is 0 Å². The second-order valence-corrected chi connectivity index (χ2v) is 5.14. The van der Waals surface area contributed by atoms with E-state index in [9.17, 15) is 4.79 Å². The van der Waals surface area contributed by atoms with E-state index in [2.05, 4.69) is 20.1 Å². The molecule has 2 aromatic heterocycles. The minimum atomic E-state index is -0.113. The van der Waals surface area contributed by atoms with Crippen LogP contribution in [0.15, 0.2) is 23.1 Å². The van der Waals surface area contributed by atoms with Crippen molar-refractivity contribution in [2.45, 2.75) is 25.7 Å². The molecule has 0 atom stereocenters. The monoisotopic (exact) mass is 273 g/mol. The molecular weight excluding hydrogens is 258 g/mol. The lowest BCUT2D eigenvalue weighted by Gasteiger charge is -2.36. The molecule has 1 aliphatic heterocycles. The summed E-state index contributed by atoms with van der Waals surface area (Å²) in [6.07, 6.45) is 4.53. The largest absolute Gasteiger partial charge is 0.339 e. The van der Waals surface area contributed by atoms with Gasteiger partial charge < -0.3 is 9.42 Å². The first-order chi connectivity index (χ1) is 9.65. The van der Waals surface area contributed by atoms with Gasteiger partial charge in [0.05, 0.1) is 12.1 Å². The molecule has 20 heavy (non-hydrogen) atoms. The van der Waals surface area contributed by atoms with Gasteiger partial charge in [0.25, 0.3) is 5.91 Å². The minimum Gasteiger partial charge on any atom is -0.339 e. The summed E-state index contributed by atoms with van der Waals surface area (Å²) in [5.74, 6) is 1.56. The van der Waals surface area contributed by atoms with E-state index in [4.69, 9.17) is 4.52 Å². The van der Waals surface area contributed by atoms with Crippen LogP contribution >= 0.6 is 0 Å². The number of carbonyl (C=O) groups excluding carboxylic acids is 1.